The van der Waals surface area contributed by atoms with Gasteiger partial charge in [0.1, 0.15) is 10.7 Å². The van der Waals surface area contributed by atoms with Crippen LogP contribution in [-0.4, -0.2) is 43.1 Å². The molecule has 0 aromatic heterocycles. The number of hydrogen-bond donors (Lipinski definition) is 1. The molecule has 1 heterocycles. The van der Waals surface area contributed by atoms with Gasteiger partial charge < -0.3 is 5.11 Å². The van der Waals surface area contributed by atoms with Crippen LogP contribution in [0.5, 0.6) is 0 Å². The molecule has 1 aliphatic rings. The van der Waals surface area contributed by atoms with Gasteiger partial charge in [-0.05, 0) is 31.0 Å². The van der Waals surface area contributed by atoms with E-state index in [1.165, 1.54) is 0 Å². The molecule has 0 amide bonds. The van der Waals surface area contributed by atoms with Crippen LogP contribution in [0.3, 0.4) is 0 Å². The molecule has 0 spiro atoms. The molecule has 1 aliphatic heterocycles. The molecular weight excluding hydrogens is 342 g/mol. The first-order valence-electron chi connectivity index (χ1n) is 6.63. The molecule has 1 unspecified atom stereocenters. The Morgan fingerprint density at radius 3 is 2.52 bits per heavy atom. The van der Waals surface area contributed by atoms with E-state index in [2.05, 4.69) is 0 Å². The number of carboxylic acid groups (broad SMARTS) is 1. The van der Waals surface area contributed by atoms with E-state index in [4.69, 9.17) is 5.11 Å². The molecule has 1 atom stereocenters. The van der Waals surface area contributed by atoms with Crippen molar-refractivity contribution in [1.82, 2.24) is 4.31 Å². The smallest absolute Gasteiger partial charge is 0.393 e. The average molecular weight is 355 g/mol. The molecule has 1 fully saturated rings. The van der Waals surface area contributed by atoms with Crippen LogP contribution in [0.2, 0.25) is 0 Å². The van der Waals surface area contributed by atoms with Crippen molar-refractivity contribution in [3.63, 3.8) is 0 Å². The van der Waals surface area contributed by atoms with Gasteiger partial charge in [0.25, 0.3) is 0 Å². The van der Waals surface area contributed by atoms with Crippen LogP contribution in [-0.2, 0) is 10.0 Å². The number of benzene rings is 1. The lowest BCUT2D eigenvalue weighted by Crippen LogP contribution is -2.44. The number of aromatic carboxylic acids is 1. The predicted molar refractivity (Wildman–Crippen MR) is 70.9 cm³/mol. The zero-order valence-corrected chi connectivity index (χ0v) is 12.5. The van der Waals surface area contributed by atoms with Crippen molar-refractivity contribution in [1.29, 1.82) is 0 Å². The van der Waals surface area contributed by atoms with Crippen molar-refractivity contribution < 1.29 is 35.9 Å². The highest BCUT2D eigenvalue weighted by atomic mass is 32.2. The quantitative estimate of drug-likeness (QED) is 0.846. The molecule has 1 N–H and O–H groups in total. The van der Waals surface area contributed by atoms with Crippen LogP contribution in [0.25, 0.3) is 0 Å². The van der Waals surface area contributed by atoms with E-state index in [9.17, 15) is 30.8 Å². The third-order valence-electron chi connectivity index (χ3n) is 3.64. The van der Waals surface area contributed by atoms with Crippen LogP contribution in [0.4, 0.5) is 17.6 Å². The molecule has 0 aliphatic carbocycles. The van der Waals surface area contributed by atoms with Gasteiger partial charge in [-0.3, -0.25) is 0 Å². The van der Waals surface area contributed by atoms with Crippen LogP contribution >= 0.6 is 0 Å². The summed E-state index contributed by atoms with van der Waals surface area (Å²) in [6.07, 6.45) is -4.76. The van der Waals surface area contributed by atoms with E-state index in [-0.39, 0.29) is 19.4 Å². The minimum Gasteiger partial charge on any atom is -0.478 e. The van der Waals surface area contributed by atoms with Crippen LogP contribution in [0, 0.1) is 11.7 Å². The second kappa shape index (κ2) is 6.08. The van der Waals surface area contributed by atoms with Crippen LogP contribution < -0.4 is 0 Å². The zero-order valence-electron chi connectivity index (χ0n) is 11.7. The first kappa shape index (κ1) is 17.7. The summed E-state index contributed by atoms with van der Waals surface area (Å²) in [5.74, 6) is -4.49. The van der Waals surface area contributed by atoms with Gasteiger partial charge in [-0.2, -0.15) is 17.5 Å². The molecule has 1 aromatic rings. The number of carbonyl (C=O) groups is 1. The van der Waals surface area contributed by atoms with E-state index >= 15 is 0 Å². The second-order valence-electron chi connectivity index (χ2n) is 5.19. The first-order chi connectivity index (χ1) is 10.5. The molecular formula is C13H13F4NO4S. The number of alkyl halides is 3. The number of rotatable bonds is 3. The summed E-state index contributed by atoms with van der Waals surface area (Å²) in [5, 5.41) is 8.85. The van der Waals surface area contributed by atoms with Crippen molar-refractivity contribution in [2.75, 3.05) is 13.1 Å². The van der Waals surface area contributed by atoms with Gasteiger partial charge in [0.15, 0.2) is 0 Å². The van der Waals surface area contributed by atoms with E-state index in [1.807, 2.05) is 0 Å². The van der Waals surface area contributed by atoms with Crippen molar-refractivity contribution in [2.45, 2.75) is 23.9 Å². The fourth-order valence-corrected chi connectivity index (χ4v) is 4.02. The summed E-state index contributed by atoms with van der Waals surface area (Å²) in [5.41, 5.74) is -0.464. The average Bonchev–Trinajstić information content (AvgIpc) is 2.46. The molecule has 2 rings (SSSR count). The summed E-state index contributed by atoms with van der Waals surface area (Å²) >= 11 is 0. The lowest BCUT2D eigenvalue weighted by atomic mass is 9.99. The highest BCUT2D eigenvalue weighted by molar-refractivity contribution is 7.89. The number of nitrogens with zero attached hydrogens (tertiary/aromatic N) is 1. The highest BCUT2D eigenvalue weighted by Crippen LogP contribution is 2.35. The van der Waals surface area contributed by atoms with E-state index in [0.717, 1.165) is 6.07 Å². The maximum atomic E-state index is 13.8. The Morgan fingerprint density at radius 1 is 1.30 bits per heavy atom. The predicted octanol–water partition coefficient (Wildman–Crippen LogP) is 2.49. The van der Waals surface area contributed by atoms with Crippen molar-refractivity contribution >= 4 is 16.0 Å². The van der Waals surface area contributed by atoms with Crippen LogP contribution in [0.15, 0.2) is 23.1 Å². The number of hydrogen-bond acceptors (Lipinski definition) is 3. The topological polar surface area (TPSA) is 74.7 Å². The molecule has 0 saturated carbocycles. The lowest BCUT2D eigenvalue weighted by molar-refractivity contribution is -0.182. The third-order valence-corrected chi connectivity index (χ3v) is 5.52. The minimum absolute atomic E-state index is 0.0103. The van der Waals surface area contributed by atoms with Gasteiger partial charge in [0.05, 0.1) is 11.5 Å². The van der Waals surface area contributed by atoms with E-state index < -0.39 is 50.9 Å². The van der Waals surface area contributed by atoms with Crippen molar-refractivity contribution in [3.8, 4) is 0 Å². The lowest BCUT2D eigenvalue weighted by Gasteiger charge is -2.32. The van der Waals surface area contributed by atoms with Gasteiger partial charge in [-0.25, -0.2) is 17.6 Å². The molecule has 1 aromatic carbocycles. The minimum atomic E-state index is -4.55. The van der Waals surface area contributed by atoms with Crippen molar-refractivity contribution in [2.24, 2.45) is 5.92 Å². The summed E-state index contributed by atoms with van der Waals surface area (Å²) in [4.78, 5) is 9.94. The second-order valence-corrected chi connectivity index (χ2v) is 7.10. The summed E-state index contributed by atoms with van der Waals surface area (Å²) in [6.45, 7) is -0.978. The molecule has 1 saturated heterocycles. The zero-order chi connectivity index (χ0) is 17.4. The maximum Gasteiger partial charge on any atom is 0.393 e. The fourth-order valence-electron chi connectivity index (χ4n) is 2.40. The summed E-state index contributed by atoms with van der Waals surface area (Å²) in [6, 6.07) is 2.16. The van der Waals surface area contributed by atoms with Gasteiger partial charge >= 0.3 is 12.1 Å². The Balaban J connectivity index is 2.38. The Labute approximate surface area is 129 Å². The SMILES string of the molecule is O=C(O)c1ccc(F)c(S(=O)(=O)N2CCCC(C(F)(F)F)C2)c1. The number of carboxylic acids is 1. The number of halogens is 4. The first-order valence-corrected chi connectivity index (χ1v) is 8.07. The number of sulfonamides is 1. The third kappa shape index (κ3) is 3.63. The molecule has 0 bridgehead atoms. The number of piperidine rings is 1. The fraction of sp³-hybridized carbons (Fsp3) is 0.462. The van der Waals surface area contributed by atoms with Gasteiger partial charge in [0, 0.05) is 13.1 Å². The van der Waals surface area contributed by atoms with Crippen molar-refractivity contribution in [3.05, 3.63) is 29.6 Å². The molecule has 0 radical (unpaired) electrons. The van der Waals surface area contributed by atoms with E-state index in [1.54, 1.807) is 0 Å². The molecule has 5 nitrogen and oxygen atoms in total. The maximum absolute atomic E-state index is 13.8. The Hall–Kier alpha value is -1.68. The Bertz CT molecular complexity index is 717. The highest BCUT2D eigenvalue weighted by Gasteiger charge is 2.44. The van der Waals surface area contributed by atoms with E-state index in [0.29, 0.717) is 16.4 Å². The molecule has 128 valence electrons. The Kier molecular flexibility index (Phi) is 4.67. The molecule has 23 heavy (non-hydrogen) atoms. The van der Waals surface area contributed by atoms with Gasteiger partial charge in [-0.1, -0.05) is 0 Å². The summed E-state index contributed by atoms with van der Waals surface area (Å²) < 4.78 is 77.5. The van der Waals surface area contributed by atoms with Crippen LogP contribution in [0.1, 0.15) is 23.2 Å². The van der Waals surface area contributed by atoms with Gasteiger partial charge in [-0.15, -0.1) is 0 Å². The normalized spacial score (nSPS) is 20.4. The Morgan fingerprint density at radius 2 is 1.96 bits per heavy atom. The standard InChI is InChI=1S/C13H13F4NO4S/c14-10-4-3-8(12(19)20)6-11(10)23(21,22)18-5-1-2-9(7-18)13(15,16)17/h3-4,6,9H,1-2,5,7H2,(H,19,20). The monoisotopic (exact) mass is 355 g/mol. The summed E-state index contributed by atoms with van der Waals surface area (Å²) in [7, 11) is -4.55. The van der Waals surface area contributed by atoms with Gasteiger partial charge in [0.2, 0.25) is 10.0 Å². The largest absolute Gasteiger partial charge is 0.478 e. The molecule has 10 heteroatoms.